The molecule has 122 valence electrons. The Morgan fingerprint density at radius 3 is 2.27 bits per heavy atom. The van der Waals surface area contributed by atoms with Gasteiger partial charge in [0.2, 0.25) is 0 Å². The fourth-order valence-electron chi connectivity index (χ4n) is 4.00. The first kappa shape index (κ1) is 17.0. The third-order valence-electron chi connectivity index (χ3n) is 5.49. The van der Waals surface area contributed by atoms with Gasteiger partial charge in [0.1, 0.15) is 0 Å². The summed E-state index contributed by atoms with van der Waals surface area (Å²) in [5, 5.41) is 0. The van der Waals surface area contributed by atoms with Gasteiger partial charge in [-0.1, -0.05) is 58.0 Å². The van der Waals surface area contributed by atoms with Crippen LogP contribution in [0.2, 0.25) is 0 Å². The third-order valence-corrected chi connectivity index (χ3v) is 5.49. The molecule has 1 aliphatic rings. The Kier molecular flexibility index (Phi) is 4.67. The van der Waals surface area contributed by atoms with Crippen molar-refractivity contribution in [2.45, 2.75) is 52.0 Å². The molecule has 0 spiro atoms. The molecule has 1 saturated carbocycles. The fraction of sp³-hybridized carbons (Fsp3) is 0.632. The van der Waals surface area contributed by atoms with Crippen LogP contribution in [0.5, 0.6) is 0 Å². The van der Waals surface area contributed by atoms with Gasteiger partial charge in [-0.05, 0) is 36.7 Å². The van der Waals surface area contributed by atoms with E-state index in [-0.39, 0.29) is 17.4 Å². The Morgan fingerprint density at radius 1 is 1.27 bits per heavy atom. The number of carbonyl (C=O) groups excluding carboxylic acids is 1. The molecule has 0 aromatic heterocycles. The Balaban J connectivity index is 2.45. The van der Waals surface area contributed by atoms with E-state index in [4.69, 9.17) is 10.5 Å². The van der Waals surface area contributed by atoms with Crippen LogP contribution in [0.1, 0.15) is 46.6 Å². The van der Waals surface area contributed by atoms with Gasteiger partial charge in [0.05, 0.1) is 12.0 Å². The summed E-state index contributed by atoms with van der Waals surface area (Å²) in [6.07, 6.45) is 0.780. The first-order chi connectivity index (χ1) is 10.3. The van der Waals surface area contributed by atoms with Crippen molar-refractivity contribution in [2.75, 3.05) is 6.61 Å². The van der Waals surface area contributed by atoms with Crippen molar-refractivity contribution in [3.05, 3.63) is 35.9 Å². The van der Waals surface area contributed by atoms with Crippen LogP contribution < -0.4 is 5.73 Å². The SMILES string of the molecule is CCOC(=O)C1(c2ccccc2)CC1C(N)(C(C)C)C(C)C. The van der Waals surface area contributed by atoms with Gasteiger partial charge in [0.25, 0.3) is 0 Å². The zero-order chi connectivity index (χ0) is 16.5. The van der Waals surface area contributed by atoms with Gasteiger partial charge in [-0.15, -0.1) is 0 Å². The van der Waals surface area contributed by atoms with Crippen molar-refractivity contribution in [1.29, 1.82) is 0 Å². The van der Waals surface area contributed by atoms with Crippen LogP contribution in [0, 0.1) is 17.8 Å². The van der Waals surface area contributed by atoms with Crippen LogP contribution in [0.4, 0.5) is 0 Å². The van der Waals surface area contributed by atoms with E-state index in [1.165, 1.54) is 0 Å². The molecule has 22 heavy (non-hydrogen) atoms. The molecule has 2 N–H and O–H groups in total. The lowest BCUT2D eigenvalue weighted by molar-refractivity contribution is -0.147. The summed E-state index contributed by atoms with van der Waals surface area (Å²) in [7, 11) is 0. The molecule has 3 heteroatoms. The van der Waals surface area contributed by atoms with Crippen LogP contribution in [0.15, 0.2) is 30.3 Å². The highest BCUT2D eigenvalue weighted by Gasteiger charge is 2.69. The lowest BCUT2D eigenvalue weighted by Gasteiger charge is -2.40. The first-order valence-corrected chi connectivity index (χ1v) is 8.33. The van der Waals surface area contributed by atoms with Gasteiger partial charge >= 0.3 is 5.97 Å². The molecule has 0 bridgehead atoms. The lowest BCUT2D eigenvalue weighted by Crippen LogP contribution is -2.54. The zero-order valence-electron chi connectivity index (χ0n) is 14.4. The minimum Gasteiger partial charge on any atom is -0.465 e. The van der Waals surface area contributed by atoms with Crippen molar-refractivity contribution < 1.29 is 9.53 Å². The molecule has 1 fully saturated rings. The number of hydrogen-bond donors (Lipinski definition) is 1. The molecule has 2 unspecified atom stereocenters. The van der Waals surface area contributed by atoms with Gasteiger partial charge < -0.3 is 10.5 Å². The molecular weight excluding hydrogens is 274 g/mol. The summed E-state index contributed by atoms with van der Waals surface area (Å²) in [6, 6.07) is 9.99. The maximum absolute atomic E-state index is 12.8. The lowest BCUT2D eigenvalue weighted by atomic mass is 9.70. The summed E-state index contributed by atoms with van der Waals surface area (Å²) < 4.78 is 5.41. The highest BCUT2D eigenvalue weighted by Crippen LogP contribution is 2.62. The van der Waals surface area contributed by atoms with Gasteiger partial charge in [-0.2, -0.15) is 0 Å². The van der Waals surface area contributed by atoms with Crippen LogP contribution in [-0.4, -0.2) is 18.1 Å². The quantitative estimate of drug-likeness (QED) is 0.818. The number of ether oxygens (including phenoxy) is 1. The second-order valence-corrected chi connectivity index (χ2v) is 7.12. The molecule has 0 amide bonds. The molecular formula is C19H29NO2. The van der Waals surface area contributed by atoms with Crippen LogP contribution >= 0.6 is 0 Å². The average Bonchev–Trinajstić information content (AvgIpc) is 3.24. The molecule has 1 aromatic rings. The van der Waals surface area contributed by atoms with E-state index >= 15 is 0 Å². The van der Waals surface area contributed by atoms with E-state index in [0.29, 0.717) is 18.4 Å². The predicted molar refractivity (Wildman–Crippen MR) is 89.5 cm³/mol. The molecule has 3 nitrogen and oxygen atoms in total. The summed E-state index contributed by atoms with van der Waals surface area (Å²) in [5.41, 5.74) is 6.92. The van der Waals surface area contributed by atoms with E-state index in [0.717, 1.165) is 12.0 Å². The van der Waals surface area contributed by atoms with E-state index in [2.05, 4.69) is 27.7 Å². The second kappa shape index (κ2) is 6.04. The number of nitrogens with two attached hydrogens (primary N) is 1. The van der Waals surface area contributed by atoms with Crippen molar-refractivity contribution in [3.8, 4) is 0 Å². The standard InChI is InChI=1S/C19H29NO2/c1-6-22-17(21)18(15-10-8-7-9-11-15)12-16(18)19(20,13(2)3)14(4)5/h7-11,13-14,16H,6,12,20H2,1-5H3. The highest BCUT2D eigenvalue weighted by molar-refractivity contribution is 5.88. The van der Waals surface area contributed by atoms with Crippen LogP contribution in [0.3, 0.4) is 0 Å². The number of benzene rings is 1. The predicted octanol–water partition coefficient (Wildman–Crippen LogP) is 3.52. The van der Waals surface area contributed by atoms with Gasteiger partial charge in [-0.25, -0.2) is 0 Å². The number of rotatable bonds is 6. The Morgan fingerprint density at radius 2 is 1.82 bits per heavy atom. The molecule has 0 saturated heterocycles. The average molecular weight is 303 g/mol. The van der Waals surface area contributed by atoms with E-state index in [1.54, 1.807) is 0 Å². The molecule has 0 heterocycles. The Bertz CT molecular complexity index is 515. The van der Waals surface area contributed by atoms with Crippen LogP contribution in [-0.2, 0) is 14.9 Å². The van der Waals surface area contributed by atoms with Gasteiger partial charge in [-0.3, -0.25) is 4.79 Å². The maximum atomic E-state index is 12.8. The minimum absolute atomic E-state index is 0.123. The number of esters is 1. The summed E-state index contributed by atoms with van der Waals surface area (Å²) in [5.74, 6) is 0.610. The third kappa shape index (κ3) is 2.45. The summed E-state index contributed by atoms with van der Waals surface area (Å²) >= 11 is 0. The number of carbonyl (C=O) groups is 1. The van der Waals surface area contributed by atoms with E-state index < -0.39 is 5.41 Å². The summed E-state index contributed by atoms with van der Waals surface area (Å²) in [4.78, 5) is 12.8. The number of hydrogen-bond acceptors (Lipinski definition) is 3. The van der Waals surface area contributed by atoms with Crippen molar-refractivity contribution in [2.24, 2.45) is 23.5 Å². The van der Waals surface area contributed by atoms with E-state index in [9.17, 15) is 4.79 Å². The Labute approximate surface area is 134 Å². The zero-order valence-corrected chi connectivity index (χ0v) is 14.4. The topological polar surface area (TPSA) is 52.3 Å². The normalized spacial score (nSPS) is 24.6. The van der Waals surface area contributed by atoms with Crippen LogP contribution in [0.25, 0.3) is 0 Å². The first-order valence-electron chi connectivity index (χ1n) is 8.33. The van der Waals surface area contributed by atoms with Gasteiger partial charge in [0, 0.05) is 5.54 Å². The molecule has 2 rings (SSSR count). The smallest absolute Gasteiger partial charge is 0.316 e. The molecule has 2 atom stereocenters. The molecule has 1 aromatic carbocycles. The second-order valence-electron chi connectivity index (χ2n) is 7.12. The van der Waals surface area contributed by atoms with Gasteiger partial charge in [0.15, 0.2) is 0 Å². The van der Waals surface area contributed by atoms with Crippen molar-refractivity contribution in [1.82, 2.24) is 0 Å². The monoisotopic (exact) mass is 303 g/mol. The molecule has 1 aliphatic carbocycles. The van der Waals surface area contributed by atoms with E-state index in [1.807, 2.05) is 37.3 Å². The largest absolute Gasteiger partial charge is 0.465 e. The fourth-order valence-corrected chi connectivity index (χ4v) is 4.00. The molecule has 0 radical (unpaired) electrons. The molecule has 0 aliphatic heterocycles. The summed E-state index contributed by atoms with van der Waals surface area (Å²) in [6.45, 7) is 10.9. The van der Waals surface area contributed by atoms with Crippen molar-refractivity contribution >= 4 is 5.97 Å². The van der Waals surface area contributed by atoms with Crippen molar-refractivity contribution in [3.63, 3.8) is 0 Å². The highest BCUT2D eigenvalue weighted by atomic mass is 16.5. The maximum Gasteiger partial charge on any atom is 0.316 e. The minimum atomic E-state index is -0.569. The Hall–Kier alpha value is -1.35.